The molecule has 3 amide bonds. The number of aromatic amines is 1. The molecule has 5 rings (SSSR count). The molecule has 1 fully saturated rings. The molecule has 1 aliphatic rings. The molecule has 0 saturated carbocycles. The van der Waals surface area contributed by atoms with E-state index in [9.17, 15) is 18.8 Å². The zero-order valence-corrected chi connectivity index (χ0v) is 18.8. The van der Waals surface area contributed by atoms with Crippen LogP contribution in [0.2, 0.25) is 0 Å². The number of aromatic nitrogens is 2. The summed E-state index contributed by atoms with van der Waals surface area (Å²) >= 11 is 0. The number of ketones is 1. The molecule has 0 aliphatic carbocycles. The van der Waals surface area contributed by atoms with Crippen molar-refractivity contribution in [3.8, 4) is 5.69 Å². The van der Waals surface area contributed by atoms with Gasteiger partial charge in [-0.3, -0.25) is 14.5 Å². The number of hydrogen-bond donors (Lipinski definition) is 2. The van der Waals surface area contributed by atoms with Gasteiger partial charge in [0.25, 0.3) is 5.91 Å². The number of nitrogens with zero attached hydrogens (tertiary/aromatic N) is 2. The van der Waals surface area contributed by atoms with Crippen molar-refractivity contribution in [1.82, 2.24) is 19.8 Å². The minimum absolute atomic E-state index is 0.332. The van der Waals surface area contributed by atoms with Crippen molar-refractivity contribution in [2.75, 3.05) is 6.54 Å². The second-order valence-electron chi connectivity index (χ2n) is 8.51. The van der Waals surface area contributed by atoms with E-state index in [0.717, 1.165) is 32.7 Å². The van der Waals surface area contributed by atoms with Gasteiger partial charge in [-0.2, -0.15) is 0 Å². The van der Waals surface area contributed by atoms with E-state index in [1.807, 2.05) is 42.0 Å². The van der Waals surface area contributed by atoms with Gasteiger partial charge in [0.1, 0.15) is 11.9 Å². The second kappa shape index (κ2) is 8.30. The molecule has 0 spiro atoms. The average molecular weight is 458 g/mol. The first-order valence-corrected chi connectivity index (χ1v) is 11.0. The Labute approximate surface area is 195 Å². The maximum atomic E-state index is 13.3. The molecule has 1 unspecified atom stereocenters. The smallest absolute Gasteiger partial charge is 0.325 e. The molecule has 8 heteroatoms. The normalized spacial score (nSPS) is 15.9. The predicted molar refractivity (Wildman–Crippen MR) is 126 cm³/mol. The Balaban J connectivity index is 1.34. The highest BCUT2D eigenvalue weighted by Crippen LogP contribution is 2.24. The highest BCUT2D eigenvalue weighted by Gasteiger charge is 2.39. The Bertz CT molecular complexity index is 1430. The first-order valence-electron chi connectivity index (χ1n) is 11.0. The summed E-state index contributed by atoms with van der Waals surface area (Å²) in [6.07, 6.45) is 2.17. The molecule has 2 aromatic carbocycles. The number of amides is 3. The van der Waals surface area contributed by atoms with Crippen molar-refractivity contribution in [3.05, 3.63) is 89.1 Å². The number of benzene rings is 2. The van der Waals surface area contributed by atoms with Crippen molar-refractivity contribution < 1.29 is 18.8 Å². The topological polar surface area (TPSA) is 87.2 Å². The fourth-order valence-electron chi connectivity index (χ4n) is 4.65. The number of fused-ring (bicyclic) bond motifs is 1. The van der Waals surface area contributed by atoms with Gasteiger partial charge >= 0.3 is 6.03 Å². The zero-order valence-electron chi connectivity index (χ0n) is 18.8. The lowest BCUT2D eigenvalue weighted by atomic mass is 10.0. The number of aryl methyl sites for hydroxylation is 1. The van der Waals surface area contributed by atoms with Crippen LogP contribution < -0.4 is 5.32 Å². The van der Waals surface area contributed by atoms with Gasteiger partial charge < -0.3 is 14.9 Å². The lowest BCUT2D eigenvalue weighted by Gasteiger charge is -2.13. The number of carbonyl (C=O) groups excluding carboxylic acids is 3. The molecule has 0 bridgehead atoms. The van der Waals surface area contributed by atoms with Gasteiger partial charge in [0.15, 0.2) is 5.78 Å². The highest BCUT2D eigenvalue weighted by molar-refractivity contribution is 6.09. The molecule has 7 nitrogen and oxygen atoms in total. The van der Waals surface area contributed by atoms with Crippen LogP contribution in [0.1, 0.15) is 27.3 Å². The number of H-pyrrole nitrogens is 1. The molecule has 172 valence electrons. The fraction of sp³-hybridized carbons (Fsp3) is 0.192. The van der Waals surface area contributed by atoms with Crippen LogP contribution in [0.3, 0.4) is 0 Å². The van der Waals surface area contributed by atoms with Gasteiger partial charge in [-0.25, -0.2) is 9.18 Å². The third kappa shape index (κ3) is 3.67. The van der Waals surface area contributed by atoms with E-state index >= 15 is 0 Å². The minimum atomic E-state index is -0.730. The van der Waals surface area contributed by atoms with Gasteiger partial charge in [-0.05, 0) is 55.8 Å². The van der Waals surface area contributed by atoms with E-state index in [0.29, 0.717) is 17.7 Å². The van der Waals surface area contributed by atoms with Crippen molar-refractivity contribution in [3.63, 3.8) is 0 Å². The Morgan fingerprint density at radius 2 is 1.79 bits per heavy atom. The first kappa shape index (κ1) is 21.6. The van der Waals surface area contributed by atoms with Gasteiger partial charge in [-0.15, -0.1) is 0 Å². The maximum absolute atomic E-state index is 13.3. The van der Waals surface area contributed by atoms with Crippen molar-refractivity contribution >= 4 is 28.6 Å². The van der Waals surface area contributed by atoms with Crippen LogP contribution in [-0.2, 0) is 11.2 Å². The summed E-state index contributed by atoms with van der Waals surface area (Å²) in [5.74, 6) is -1.10. The Morgan fingerprint density at radius 1 is 1.06 bits per heavy atom. The van der Waals surface area contributed by atoms with Gasteiger partial charge in [0, 0.05) is 46.2 Å². The van der Waals surface area contributed by atoms with Crippen LogP contribution in [0.25, 0.3) is 16.6 Å². The van der Waals surface area contributed by atoms with E-state index in [-0.39, 0.29) is 18.1 Å². The molecule has 2 N–H and O–H groups in total. The number of imide groups is 1. The Kier molecular flexibility index (Phi) is 5.28. The molecule has 1 atom stereocenters. The molecule has 4 aromatic rings. The molecule has 34 heavy (non-hydrogen) atoms. The first-order chi connectivity index (χ1) is 16.3. The van der Waals surface area contributed by atoms with Crippen LogP contribution in [0.15, 0.2) is 60.8 Å². The Morgan fingerprint density at radius 3 is 2.56 bits per heavy atom. The summed E-state index contributed by atoms with van der Waals surface area (Å²) < 4.78 is 15.2. The van der Waals surface area contributed by atoms with E-state index < -0.39 is 18.0 Å². The number of urea groups is 1. The quantitative estimate of drug-likeness (QED) is 0.337. The van der Waals surface area contributed by atoms with Crippen LogP contribution in [0.5, 0.6) is 0 Å². The zero-order chi connectivity index (χ0) is 24.0. The molecule has 3 heterocycles. The molecule has 1 saturated heterocycles. The van der Waals surface area contributed by atoms with Crippen LogP contribution in [0, 0.1) is 19.7 Å². The summed E-state index contributed by atoms with van der Waals surface area (Å²) in [6, 6.07) is 14.2. The minimum Gasteiger partial charge on any atom is -0.361 e. The average Bonchev–Trinajstić information content (AvgIpc) is 3.45. The van der Waals surface area contributed by atoms with Crippen molar-refractivity contribution in [2.24, 2.45) is 0 Å². The summed E-state index contributed by atoms with van der Waals surface area (Å²) in [5, 5.41) is 3.70. The SMILES string of the molecule is Cc1cc(C(=O)CN2C(=O)NC(Cc3c[nH]c4ccccc34)C2=O)c(C)n1-c1ccc(F)cc1. The number of nitrogens with one attached hydrogen (secondary N) is 2. The number of rotatable bonds is 6. The molecule has 0 radical (unpaired) electrons. The van der Waals surface area contributed by atoms with Gasteiger partial charge in [0.2, 0.25) is 0 Å². The summed E-state index contributed by atoms with van der Waals surface area (Å²) in [5.41, 5.74) is 4.48. The van der Waals surface area contributed by atoms with Gasteiger partial charge in [-0.1, -0.05) is 18.2 Å². The number of hydrogen-bond acceptors (Lipinski definition) is 3. The molecular weight excluding hydrogens is 435 g/mol. The third-order valence-corrected chi connectivity index (χ3v) is 6.32. The van der Waals surface area contributed by atoms with E-state index in [2.05, 4.69) is 10.3 Å². The lowest BCUT2D eigenvalue weighted by Crippen LogP contribution is -2.36. The summed E-state index contributed by atoms with van der Waals surface area (Å²) in [6.45, 7) is 3.29. The predicted octanol–water partition coefficient (Wildman–Crippen LogP) is 4.06. The largest absolute Gasteiger partial charge is 0.361 e. The molecule has 2 aromatic heterocycles. The lowest BCUT2D eigenvalue weighted by molar-refractivity contribution is -0.127. The van der Waals surface area contributed by atoms with Gasteiger partial charge in [0.05, 0.1) is 6.54 Å². The standard InChI is InChI=1S/C26H23FN4O3/c1-15-11-21(16(2)31(15)19-9-7-18(27)8-10-19)24(32)14-30-25(33)23(29-26(30)34)12-17-13-28-22-6-4-3-5-20(17)22/h3-11,13,23,28H,12,14H2,1-2H3,(H,29,34). The third-order valence-electron chi connectivity index (χ3n) is 6.32. The fourth-order valence-corrected chi connectivity index (χ4v) is 4.65. The molecule has 1 aliphatic heterocycles. The summed E-state index contributed by atoms with van der Waals surface area (Å²) in [7, 11) is 0. The Hall–Kier alpha value is -4.20. The number of carbonyl (C=O) groups is 3. The number of Topliss-reactive ketones (excluding diaryl/α,β-unsaturated/α-hetero) is 1. The van der Waals surface area contributed by atoms with Crippen LogP contribution in [0.4, 0.5) is 9.18 Å². The number of para-hydroxylation sites is 1. The second-order valence-corrected chi connectivity index (χ2v) is 8.51. The maximum Gasteiger partial charge on any atom is 0.325 e. The molecular formula is C26H23FN4O3. The number of halogens is 1. The van der Waals surface area contributed by atoms with Crippen LogP contribution >= 0.6 is 0 Å². The van der Waals surface area contributed by atoms with Crippen LogP contribution in [-0.4, -0.2) is 44.8 Å². The van der Waals surface area contributed by atoms with E-state index in [4.69, 9.17) is 0 Å². The van der Waals surface area contributed by atoms with E-state index in [1.165, 1.54) is 12.1 Å². The monoisotopic (exact) mass is 458 g/mol. The summed E-state index contributed by atoms with van der Waals surface area (Å²) in [4.78, 5) is 42.8. The highest BCUT2D eigenvalue weighted by atomic mass is 19.1. The van der Waals surface area contributed by atoms with Crippen molar-refractivity contribution in [2.45, 2.75) is 26.3 Å². The van der Waals surface area contributed by atoms with Crippen molar-refractivity contribution in [1.29, 1.82) is 0 Å². The van der Waals surface area contributed by atoms with E-state index in [1.54, 1.807) is 25.1 Å².